The van der Waals surface area contributed by atoms with Crippen molar-refractivity contribution in [2.24, 2.45) is 11.5 Å². The number of thiocarbonyl (C=S) groups is 2. The molecule has 0 aliphatic heterocycles. The molecule has 204 valence electrons. The van der Waals surface area contributed by atoms with Crippen molar-refractivity contribution < 1.29 is 10.2 Å². The van der Waals surface area contributed by atoms with Gasteiger partial charge in [-0.15, -0.1) is 0 Å². The van der Waals surface area contributed by atoms with Crippen molar-refractivity contribution >= 4 is 107 Å². The number of rotatable bonds is 12. The molecule has 2 rings (SSSR count). The van der Waals surface area contributed by atoms with Crippen LogP contribution in [0.3, 0.4) is 0 Å². The minimum absolute atomic E-state index is 0. The first-order valence-electron chi connectivity index (χ1n) is 12.6. The van der Waals surface area contributed by atoms with Gasteiger partial charge in [0, 0.05) is 0 Å². The predicted molar refractivity (Wildman–Crippen MR) is 175 cm³/mol. The molecule has 37 heavy (non-hydrogen) atoms. The average Bonchev–Trinajstić information content (AvgIpc) is 2.81. The maximum Gasteiger partial charge on any atom is 2.00 e. The fourth-order valence-corrected chi connectivity index (χ4v) is 3.28. The quantitative estimate of drug-likeness (QED) is 0.0814. The molecule has 0 radical (unpaired) electrons. The monoisotopic (exact) mass is 706 g/mol. The molecule has 2 aromatic rings. The van der Waals surface area contributed by atoms with Gasteiger partial charge in [-0.25, -0.2) is 0 Å². The number of hydrogen-bond acceptors (Lipinski definition) is 6. The Hall–Kier alpha value is -0.169. The predicted octanol–water partition coefficient (Wildman–Crippen LogP) is 6.98. The van der Waals surface area contributed by atoms with Crippen molar-refractivity contribution in [1.29, 1.82) is 0 Å². The van der Waals surface area contributed by atoms with Crippen LogP contribution in [-0.2, 0) is 38.1 Å². The Labute approximate surface area is 287 Å². The third-order valence-corrected chi connectivity index (χ3v) is 5.08. The number of aryl methyl sites for hydroxylation is 2. The summed E-state index contributed by atoms with van der Waals surface area (Å²) in [5.74, 6) is 0.894. The van der Waals surface area contributed by atoms with E-state index in [0.29, 0.717) is 11.5 Å². The van der Waals surface area contributed by atoms with Crippen LogP contribution < -0.4 is 11.5 Å². The molecule has 4 nitrogen and oxygen atoms in total. The molecule has 0 aromatic heterocycles. The summed E-state index contributed by atoms with van der Waals surface area (Å²) in [6, 6.07) is 15.3. The molecule has 0 spiro atoms. The molecule has 6 N–H and O–H groups in total. The third kappa shape index (κ3) is 31.9. The van der Waals surface area contributed by atoms with Gasteiger partial charge in [0.05, 0.1) is 0 Å². The van der Waals surface area contributed by atoms with Crippen molar-refractivity contribution in [2.75, 3.05) is 0 Å². The van der Waals surface area contributed by atoms with Crippen LogP contribution in [0.1, 0.15) is 89.2 Å². The topological polar surface area (TPSA) is 92.5 Å². The van der Waals surface area contributed by atoms with Crippen molar-refractivity contribution in [2.45, 2.75) is 90.9 Å². The maximum atomic E-state index is 9.51. The maximum absolute atomic E-state index is 9.51. The number of nitrogens with two attached hydrogens (primary N) is 2. The van der Waals surface area contributed by atoms with E-state index < -0.39 is 0 Å². The third-order valence-electron chi connectivity index (χ3n) is 5.08. The van der Waals surface area contributed by atoms with E-state index in [0.717, 1.165) is 24.0 Å². The molecule has 0 heterocycles. The van der Waals surface area contributed by atoms with E-state index in [9.17, 15) is 10.2 Å². The van der Waals surface area contributed by atoms with E-state index in [1.54, 1.807) is 12.1 Å². The Balaban J connectivity index is -0.000000476. The van der Waals surface area contributed by atoms with Crippen LogP contribution in [0, 0.1) is 0 Å². The summed E-state index contributed by atoms with van der Waals surface area (Å²) in [6.07, 6.45) is 14.9. The van der Waals surface area contributed by atoms with Gasteiger partial charge in [0.1, 0.15) is 11.5 Å². The second-order valence-electron chi connectivity index (χ2n) is 8.22. The smallest absolute Gasteiger partial charge is 0.508 e. The molecule has 0 saturated carbocycles. The number of para-hydroxylation sites is 2. The SMILES string of the molecule is CCCCCCCc1ccccc1O.CCCCCCCc1ccccc1O.NC(=S)[S-].NC(=S)[S-].[Ba+2]. The zero-order chi connectivity index (χ0) is 27.6. The average molecular weight is 706 g/mol. The zero-order valence-corrected chi connectivity index (χ0v) is 30.2. The van der Waals surface area contributed by atoms with Crippen LogP contribution in [0.4, 0.5) is 0 Å². The number of hydrogen-bond donors (Lipinski definition) is 4. The number of unbranched alkanes of at least 4 members (excludes halogenated alkanes) is 8. The summed E-state index contributed by atoms with van der Waals surface area (Å²) < 4.78 is 0.167. The molecule has 0 fully saturated rings. The summed E-state index contributed by atoms with van der Waals surface area (Å²) in [7, 11) is 0. The summed E-state index contributed by atoms with van der Waals surface area (Å²) in [4.78, 5) is 0. The van der Waals surface area contributed by atoms with Crippen LogP contribution in [0.15, 0.2) is 48.5 Å². The van der Waals surface area contributed by atoms with E-state index in [1.807, 2.05) is 36.4 Å². The second kappa shape index (κ2) is 30.4. The molecule has 2 aromatic carbocycles. The molecule has 9 heteroatoms. The van der Waals surface area contributed by atoms with Gasteiger partial charge in [0.2, 0.25) is 0 Å². The first-order valence-corrected chi connectivity index (χ1v) is 14.3. The van der Waals surface area contributed by atoms with Crippen LogP contribution in [0.5, 0.6) is 11.5 Å². The largest absolute Gasteiger partial charge is 2.00 e. The Bertz CT molecular complexity index is 751. The first kappa shape index (κ1) is 41.3. The Kier molecular flexibility index (Phi) is 33.9. The van der Waals surface area contributed by atoms with Gasteiger partial charge in [-0.05, 0) is 48.9 Å². The molecule has 0 saturated heterocycles. The van der Waals surface area contributed by atoms with E-state index in [4.69, 9.17) is 0 Å². The van der Waals surface area contributed by atoms with Crippen LogP contribution in [0.25, 0.3) is 0 Å². The van der Waals surface area contributed by atoms with Gasteiger partial charge in [-0.1, -0.05) is 110 Å². The first-order chi connectivity index (χ1) is 17.1. The fourth-order valence-electron chi connectivity index (χ4n) is 3.28. The molecule has 0 atom stereocenters. The summed E-state index contributed by atoms with van der Waals surface area (Å²) in [5.41, 5.74) is 11.5. The summed E-state index contributed by atoms with van der Waals surface area (Å²) >= 11 is 16.5. The normalized spacial score (nSPS) is 9.14. The second-order valence-corrected chi connectivity index (χ2v) is 10.5. The number of phenols is 2. The molecule has 0 bridgehead atoms. The summed E-state index contributed by atoms with van der Waals surface area (Å²) in [6.45, 7) is 4.45. The molecule has 0 aliphatic carbocycles. The standard InChI is InChI=1S/2C13H20O.2CH3NS2.Ba/c2*1-2-3-4-5-6-9-12-10-7-8-11-13(12)14;2*2-1(3)4;/h2*7-8,10-11,14H,2-6,9H2,1H3;2*(H3,2,3,4);/q;;;;+2/p-2. The molecule has 0 unspecified atom stereocenters. The van der Waals surface area contributed by atoms with Gasteiger partial charge in [0.25, 0.3) is 0 Å². The van der Waals surface area contributed by atoms with Crippen molar-refractivity contribution in [1.82, 2.24) is 0 Å². The van der Waals surface area contributed by atoms with Gasteiger partial charge in [-0.2, -0.15) is 0 Å². The number of benzene rings is 2. The number of phenolic OH excluding ortho intramolecular Hbond substituents is 2. The van der Waals surface area contributed by atoms with Crippen LogP contribution >= 0.6 is 24.4 Å². The minimum Gasteiger partial charge on any atom is -0.508 e. The van der Waals surface area contributed by atoms with Gasteiger partial charge < -0.3 is 71.4 Å². The van der Waals surface area contributed by atoms with E-state index >= 15 is 0 Å². The van der Waals surface area contributed by atoms with E-state index in [1.165, 1.54) is 64.2 Å². The molecular weight excluding hydrogens is 662 g/mol. The van der Waals surface area contributed by atoms with Gasteiger partial charge >= 0.3 is 48.9 Å². The van der Waals surface area contributed by atoms with Gasteiger partial charge in [0.15, 0.2) is 0 Å². The number of aromatic hydroxyl groups is 2. The Morgan fingerprint density at radius 1 is 0.622 bits per heavy atom. The van der Waals surface area contributed by atoms with E-state index in [-0.39, 0.29) is 57.5 Å². The van der Waals surface area contributed by atoms with Crippen molar-refractivity contribution in [3.63, 3.8) is 0 Å². The van der Waals surface area contributed by atoms with Crippen LogP contribution in [-0.4, -0.2) is 67.7 Å². The molecule has 0 amide bonds. The van der Waals surface area contributed by atoms with Crippen molar-refractivity contribution in [3.8, 4) is 11.5 Å². The van der Waals surface area contributed by atoms with Gasteiger partial charge in [-0.3, -0.25) is 0 Å². The zero-order valence-electron chi connectivity index (χ0n) is 22.5. The van der Waals surface area contributed by atoms with Crippen LogP contribution in [0.2, 0.25) is 0 Å². The fraction of sp³-hybridized carbons (Fsp3) is 0.500. The van der Waals surface area contributed by atoms with E-state index in [2.05, 4.69) is 75.0 Å². The Morgan fingerprint density at radius 2 is 0.892 bits per heavy atom. The summed E-state index contributed by atoms with van der Waals surface area (Å²) in [5, 5.41) is 19.0. The Morgan fingerprint density at radius 3 is 1.16 bits per heavy atom. The molecular formula is C28H44BaN2O2S4. The van der Waals surface area contributed by atoms with Crippen molar-refractivity contribution in [3.05, 3.63) is 59.7 Å². The molecule has 0 aliphatic rings. The minimum atomic E-state index is 0.